The summed E-state index contributed by atoms with van der Waals surface area (Å²) in [7, 11) is 0. The lowest BCUT2D eigenvalue weighted by molar-refractivity contribution is -0.158. The van der Waals surface area contributed by atoms with E-state index in [9.17, 15) is 4.79 Å². The van der Waals surface area contributed by atoms with E-state index in [4.69, 9.17) is 9.47 Å². The molecule has 0 unspecified atom stereocenters. The first kappa shape index (κ1) is 16.4. The van der Waals surface area contributed by atoms with E-state index in [1.807, 2.05) is 11.8 Å². The van der Waals surface area contributed by atoms with Gasteiger partial charge in [-0.1, -0.05) is 23.8 Å². The molecule has 0 radical (unpaired) electrons. The minimum absolute atomic E-state index is 0.0633. The Morgan fingerprint density at radius 1 is 1.30 bits per heavy atom. The lowest BCUT2D eigenvalue weighted by Crippen LogP contribution is -2.55. The van der Waals surface area contributed by atoms with Crippen molar-refractivity contribution < 1.29 is 14.3 Å². The van der Waals surface area contributed by atoms with Crippen molar-refractivity contribution in [2.45, 2.75) is 39.0 Å². The van der Waals surface area contributed by atoms with Crippen molar-refractivity contribution in [1.29, 1.82) is 0 Å². The predicted octanol–water partition coefficient (Wildman–Crippen LogP) is 1.58. The summed E-state index contributed by atoms with van der Waals surface area (Å²) < 4.78 is 11.7. The van der Waals surface area contributed by atoms with Crippen molar-refractivity contribution in [3.05, 3.63) is 34.9 Å². The lowest BCUT2D eigenvalue weighted by Gasteiger charge is -2.40. The molecule has 0 aromatic heterocycles. The zero-order valence-electron chi connectivity index (χ0n) is 14.2. The van der Waals surface area contributed by atoms with Crippen LogP contribution in [0.5, 0.6) is 0 Å². The topological polar surface area (TPSA) is 50.8 Å². The van der Waals surface area contributed by atoms with E-state index in [-0.39, 0.29) is 24.2 Å². The number of ether oxygens (including phenoxy) is 2. The van der Waals surface area contributed by atoms with Crippen LogP contribution in [0.2, 0.25) is 0 Å². The van der Waals surface area contributed by atoms with Crippen LogP contribution in [-0.2, 0) is 14.3 Å². The highest BCUT2D eigenvalue weighted by molar-refractivity contribution is 5.81. The van der Waals surface area contributed by atoms with Gasteiger partial charge in [0.25, 0.3) is 5.91 Å². The van der Waals surface area contributed by atoms with Gasteiger partial charge in [0.05, 0.1) is 25.8 Å². The molecule has 1 amide bonds. The van der Waals surface area contributed by atoms with Crippen LogP contribution in [0.1, 0.15) is 29.7 Å². The Morgan fingerprint density at radius 2 is 2.13 bits per heavy atom. The lowest BCUT2D eigenvalue weighted by atomic mass is 9.98. The molecule has 2 saturated heterocycles. The molecule has 23 heavy (non-hydrogen) atoms. The minimum atomic E-state index is -0.372. The van der Waals surface area contributed by atoms with Gasteiger partial charge < -0.3 is 19.7 Å². The number of nitrogens with zero attached hydrogens (tertiary/aromatic N) is 1. The molecule has 1 aromatic rings. The molecule has 3 atom stereocenters. The summed E-state index contributed by atoms with van der Waals surface area (Å²) in [5.41, 5.74) is 3.60. The van der Waals surface area contributed by atoms with Crippen molar-refractivity contribution >= 4 is 5.91 Å². The molecule has 1 aromatic carbocycles. The molecule has 1 N–H and O–H groups in total. The summed E-state index contributed by atoms with van der Waals surface area (Å²) in [5, 5.41) is 3.23. The average molecular weight is 318 g/mol. The van der Waals surface area contributed by atoms with E-state index in [1.54, 1.807) is 0 Å². The maximum Gasteiger partial charge on any atom is 0.253 e. The summed E-state index contributed by atoms with van der Waals surface area (Å²) in [6, 6.07) is 6.47. The number of carbonyl (C=O) groups is 1. The minimum Gasteiger partial charge on any atom is -0.370 e. The fraction of sp³-hybridized carbons (Fsp3) is 0.611. The molecule has 5 nitrogen and oxygen atoms in total. The summed E-state index contributed by atoms with van der Waals surface area (Å²) >= 11 is 0. The summed E-state index contributed by atoms with van der Waals surface area (Å²) in [5.74, 6) is 0.0725. The van der Waals surface area contributed by atoms with Crippen LogP contribution >= 0.6 is 0 Å². The second-order valence-corrected chi connectivity index (χ2v) is 6.59. The zero-order valence-corrected chi connectivity index (χ0v) is 14.2. The molecular weight excluding hydrogens is 292 g/mol. The first-order valence-corrected chi connectivity index (χ1v) is 8.38. The molecular formula is C18H26N2O3. The molecule has 5 heteroatoms. The Morgan fingerprint density at radius 3 is 2.87 bits per heavy atom. The van der Waals surface area contributed by atoms with E-state index >= 15 is 0 Å². The third-order valence-corrected chi connectivity index (χ3v) is 4.70. The molecule has 0 aliphatic carbocycles. The van der Waals surface area contributed by atoms with Crippen LogP contribution in [0, 0.1) is 13.8 Å². The number of hydrogen-bond donors (Lipinski definition) is 1. The highest BCUT2D eigenvalue weighted by atomic mass is 16.5. The maximum atomic E-state index is 12.8. The maximum absolute atomic E-state index is 12.8. The fourth-order valence-electron chi connectivity index (χ4n) is 3.27. The van der Waals surface area contributed by atoms with Crippen LogP contribution in [0.15, 0.2) is 18.2 Å². The van der Waals surface area contributed by atoms with Gasteiger partial charge in [0, 0.05) is 13.1 Å². The number of carbonyl (C=O) groups excluding carboxylic acids is 1. The smallest absolute Gasteiger partial charge is 0.253 e. The second kappa shape index (κ2) is 6.99. The summed E-state index contributed by atoms with van der Waals surface area (Å²) in [4.78, 5) is 14.7. The second-order valence-electron chi connectivity index (χ2n) is 6.59. The largest absolute Gasteiger partial charge is 0.370 e. The molecule has 2 fully saturated rings. The number of hydrogen-bond acceptors (Lipinski definition) is 4. The Balaban J connectivity index is 1.76. The van der Waals surface area contributed by atoms with Gasteiger partial charge >= 0.3 is 0 Å². The van der Waals surface area contributed by atoms with E-state index in [1.165, 1.54) is 16.7 Å². The Labute approximate surface area is 137 Å². The Hall–Kier alpha value is -1.43. The van der Waals surface area contributed by atoms with Crippen molar-refractivity contribution in [1.82, 2.24) is 10.2 Å². The van der Waals surface area contributed by atoms with E-state index in [2.05, 4.69) is 37.4 Å². The number of benzene rings is 1. The molecule has 126 valence electrons. The zero-order chi connectivity index (χ0) is 16.4. The van der Waals surface area contributed by atoms with Gasteiger partial charge in [-0.2, -0.15) is 0 Å². The standard InChI is InChI=1S/C18H26N2O3/c1-12-4-5-13(2)15(8-12)17-10-20(14(3)11-23-17)18(21)16-9-19-6-7-22-16/h4-5,8,14,16-17,19H,6-7,9-11H2,1-3H3/t14-,16-,17+/m1/s1. The highest BCUT2D eigenvalue weighted by Crippen LogP contribution is 2.28. The van der Waals surface area contributed by atoms with Crippen LogP contribution in [0.25, 0.3) is 0 Å². The summed E-state index contributed by atoms with van der Waals surface area (Å²) in [6.07, 6.45) is -0.435. The molecule has 0 spiro atoms. The highest BCUT2D eigenvalue weighted by Gasteiger charge is 2.35. The molecule has 0 bridgehead atoms. The van der Waals surface area contributed by atoms with Gasteiger partial charge in [-0.15, -0.1) is 0 Å². The van der Waals surface area contributed by atoms with Crippen LogP contribution in [0.4, 0.5) is 0 Å². The molecule has 2 aliphatic rings. The van der Waals surface area contributed by atoms with Gasteiger partial charge in [-0.05, 0) is 31.9 Å². The number of nitrogens with one attached hydrogen (secondary N) is 1. The van der Waals surface area contributed by atoms with Crippen molar-refractivity contribution in [3.8, 4) is 0 Å². The Bertz CT molecular complexity index is 569. The molecule has 0 saturated carbocycles. The monoisotopic (exact) mass is 318 g/mol. The number of rotatable bonds is 2. The van der Waals surface area contributed by atoms with Crippen molar-refractivity contribution in [2.75, 3.05) is 32.8 Å². The quantitative estimate of drug-likeness (QED) is 0.899. The van der Waals surface area contributed by atoms with Gasteiger partial charge in [0.2, 0.25) is 0 Å². The van der Waals surface area contributed by atoms with Crippen LogP contribution < -0.4 is 5.32 Å². The first-order valence-electron chi connectivity index (χ1n) is 8.38. The fourth-order valence-corrected chi connectivity index (χ4v) is 3.27. The third kappa shape index (κ3) is 3.57. The van der Waals surface area contributed by atoms with Gasteiger partial charge in [0.1, 0.15) is 12.2 Å². The Kier molecular flexibility index (Phi) is 4.99. The molecule has 3 rings (SSSR count). The van der Waals surface area contributed by atoms with Gasteiger partial charge in [-0.3, -0.25) is 4.79 Å². The number of aryl methyl sites for hydroxylation is 2. The normalized spacial score (nSPS) is 28.7. The van der Waals surface area contributed by atoms with E-state index in [0.29, 0.717) is 26.3 Å². The van der Waals surface area contributed by atoms with Crippen LogP contribution in [0.3, 0.4) is 0 Å². The predicted molar refractivity (Wildman–Crippen MR) is 88.4 cm³/mol. The van der Waals surface area contributed by atoms with Crippen molar-refractivity contribution in [2.24, 2.45) is 0 Å². The SMILES string of the molecule is Cc1ccc(C)c([C@@H]2CN(C(=O)[C@H]3CNCCO3)[C@H](C)CO2)c1. The number of amides is 1. The average Bonchev–Trinajstić information content (AvgIpc) is 2.58. The van der Waals surface area contributed by atoms with Crippen molar-refractivity contribution in [3.63, 3.8) is 0 Å². The van der Waals surface area contributed by atoms with Crippen LogP contribution in [-0.4, -0.2) is 55.8 Å². The van der Waals surface area contributed by atoms with E-state index in [0.717, 1.165) is 6.54 Å². The van der Waals surface area contributed by atoms with Gasteiger partial charge in [-0.25, -0.2) is 0 Å². The summed E-state index contributed by atoms with van der Waals surface area (Å²) in [6.45, 7) is 9.36. The van der Waals surface area contributed by atoms with Gasteiger partial charge in [0.15, 0.2) is 0 Å². The third-order valence-electron chi connectivity index (χ3n) is 4.70. The molecule has 2 aliphatic heterocycles. The number of morpholine rings is 2. The van der Waals surface area contributed by atoms with E-state index < -0.39 is 0 Å². The first-order chi connectivity index (χ1) is 11.1. The molecule has 2 heterocycles.